The van der Waals surface area contributed by atoms with Gasteiger partial charge in [-0.05, 0) is 0 Å². The Bertz CT molecular complexity index is 201. The highest BCUT2D eigenvalue weighted by Gasteiger charge is 2.31. The summed E-state index contributed by atoms with van der Waals surface area (Å²) in [6.07, 6.45) is -6.82. The van der Waals surface area contributed by atoms with E-state index in [1.54, 1.807) is 0 Å². The van der Waals surface area contributed by atoms with E-state index in [-0.39, 0.29) is 0 Å². The van der Waals surface area contributed by atoms with Crippen LogP contribution < -0.4 is 0 Å². The van der Waals surface area contributed by atoms with Crippen LogP contribution in [-0.2, 0) is 9.59 Å². The Kier molecular flexibility index (Phi) is 4.32. The van der Waals surface area contributed by atoms with Crippen LogP contribution in [0.5, 0.6) is 0 Å². The van der Waals surface area contributed by atoms with Gasteiger partial charge in [-0.2, -0.15) is 0 Å². The van der Waals surface area contributed by atoms with Gasteiger partial charge in [0.2, 0.25) is 0 Å². The van der Waals surface area contributed by atoms with Crippen molar-refractivity contribution in [3.63, 3.8) is 0 Å². The van der Waals surface area contributed by atoms with E-state index in [2.05, 4.69) is 0 Å². The minimum absolute atomic E-state index is 0.828. The molecule has 0 aromatic rings. The van der Waals surface area contributed by atoms with Gasteiger partial charge in [0.15, 0.2) is 6.10 Å². The summed E-state index contributed by atoms with van der Waals surface area (Å²) in [6, 6.07) is 0. The number of aliphatic hydroxyl groups is 3. The summed E-state index contributed by atoms with van der Waals surface area (Å²) >= 11 is 0. The predicted octanol–water partition coefficient (Wildman–Crippen LogP) is -2.37. The molecule has 0 amide bonds. The monoisotopic (exact) mass is 194 g/mol. The standard InChI is InChI=1S/C6H10O7/c7-2(1-3(8)9)4(10)5(11)6(12)13/h2,4-5,7,10-11H,1H2,(H,8,9)(H,12,13). The van der Waals surface area contributed by atoms with Crippen molar-refractivity contribution in [3.05, 3.63) is 0 Å². The smallest absolute Gasteiger partial charge is 0.335 e. The molecule has 0 aliphatic heterocycles. The Morgan fingerprint density at radius 1 is 1.08 bits per heavy atom. The first-order chi connectivity index (χ1) is 5.86. The summed E-state index contributed by atoms with van der Waals surface area (Å²) in [5, 5.41) is 42.7. The number of carboxylic acids is 2. The van der Waals surface area contributed by atoms with Gasteiger partial charge in [0, 0.05) is 0 Å². The molecule has 0 saturated carbocycles. The highest BCUT2D eigenvalue weighted by molar-refractivity contribution is 5.73. The average molecular weight is 194 g/mol. The fraction of sp³-hybridized carbons (Fsp3) is 0.667. The molecular weight excluding hydrogens is 184 g/mol. The van der Waals surface area contributed by atoms with Crippen molar-refractivity contribution in [1.29, 1.82) is 0 Å². The van der Waals surface area contributed by atoms with Crippen molar-refractivity contribution < 1.29 is 35.1 Å². The quantitative estimate of drug-likeness (QED) is 0.330. The first kappa shape index (κ1) is 11.8. The molecule has 0 bridgehead atoms. The third-order valence-electron chi connectivity index (χ3n) is 1.35. The fourth-order valence-electron chi connectivity index (χ4n) is 0.656. The van der Waals surface area contributed by atoms with Gasteiger partial charge in [-0.1, -0.05) is 0 Å². The molecule has 0 aromatic carbocycles. The largest absolute Gasteiger partial charge is 0.481 e. The molecule has 0 fully saturated rings. The molecule has 13 heavy (non-hydrogen) atoms. The van der Waals surface area contributed by atoms with Gasteiger partial charge in [0.1, 0.15) is 6.10 Å². The third kappa shape index (κ3) is 3.83. The van der Waals surface area contributed by atoms with Crippen LogP contribution in [0.3, 0.4) is 0 Å². The van der Waals surface area contributed by atoms with Crippen LogP contribution in [0.25, 0.3) is 0 Å². The Hall–Kier alpha value is -1.18. The van der Waals surface area contributed by atoms with Crippen molar-refractivity contribution in [2.45, 2.75) is 24.7 Å². The van der Waals surface area contributed by atoms with Crippen LogP contribution in [0.2, 0.25) is 0 Å². The summed E-state index contributed by atoms with van der Waals surface area (Å²) in [7, 11) is 0. The number of rotatable bonds is 5. The normalized spacial score (nSPS) is 17.5. The molecular formula is C6H10O7. The molecule has 0 aliphatic carbocycles. The molecule has 0 saturated heterocycles. The first-order valence-corrected chi connectivity index (χ1v) is 3.35. The van der Waals surface area contributed by atoms with E-state index in [0.717, 1.165) is 0 Å². The maximum atomic E-state index is 10.1. The molecule has 0 spiro atoms. The van der Waals surface area contributed by atoms with Crippen LogP contribution in [0.4, 0.5) is 0 Å². The van der Waals surface area contributed by atoms with E-state index in [9.17, 15) is 9.59 Å². The van der Waals surface area contributed by atoms with E-state index in [1.165, 1.54) is 0 Å². The third-order valence-corrected chi connectivity index (χ3v) is 1.35. The lowest BCUT2D eigenvalue weighted by Gasteiger charge is -2.18. The highest BCUT2D eigenvalue weighted by atomic mass is 16.4. The van der Waals surface area contributed by atoms with Crippen LogP contribution >= 0.6 is 0 Å². The van der Waals surface area contributed by atoms with Crippen LogP contribution in [0, 0.1) is 0 Å². The molecule has 0 aromatic heterocycles. The van der Waals surface area contributed by atoms with Gasteiger partial charge in [-0.15, -0.1) is 0 Å². The van der Waals surface area contributed by atoms with Gasteiger partial charge >= 0.3 is 11.9 Å². The lowest BCUT2D eigenvalue weighted by Crippen LogP contribution is -2.43. The number of aliphatic carboxylic acids is 2. The number of aliphatic hydroxyl groups excluding tert-OH is 3. The number of hydrogen-bond acceptors (Lipinski definition) is 5. The minimum Gasteiger partial charge on any atom is -0.481 e. The second-order valence-electron chi connectivity index (χ2n) is 2.44. The van der Waals surface area contributed by atoms with E-state index in [4.69, 9.17) is 25.5 Å². The molecule has 0 aliphatic rings. The zero-order valence-corrected chi connectivity index (χ0v) is 6.49. The molecule has 0 heterocycles. The Balaban J connectivity index is 4.16. The summed E-state index contributed by atoms with van der Waals surface area (Å²) in [5.74, 6) is -3.12. The lowest BCUT2D eigenvalue weighted by atomic mass is 10.1. The van der Waals surface area contributed by atoms with Gasteiger partial charge < -0.3 is 25.5 Å². The van der Waals surface area contributed by atoms with Crippen LogP contribution in [-0.4, -0.2) is 55.8 Å². The zero-order chi connectivity index (χ0) is 10.6. The highest BCUT2D eigenvalue weighted by Crippen LogP contribution is 2.04. The van der Waals surface area contributed by atoms with Crippen LogP contribution in [0.1, 0.15) is 6.42 Å². The summed E-state index contributed by atoms with van der Waals surface area (Å²) < 4.78 is 0. The topological polar surface area (TPSA) is 135 Å². The van der Waals surface area contributed by atoms with Gasteiger partial charge in [0.05, 0.1) is 12.5 Å². The number of carboxylic acid groups (broad SMARTS) is 2. The van der Waals surface area contributed by atoms with Crippen molar-refractivity contribution in [2.75, 3.05) is 0 Å². The maximum absolute atomic E-state index is 10.1. The minimum atomic E-state index is -2.19. The first-order valence-electron chi connectivity index (χ1n) is 3.35. The van der Waals surface area contributed by atoms with Crippen LogP contribution in [0.15, 0.2) is 0 Å². The lowest BCUT2D eigenvalue weighted by molar-refractivity contribution is -0.161. The SMILES string of the molecule is O=C(O)CC(O)C(O)C(O)C(=O)O. The molecule has 5 N–H and O–H groups in total. The van der Waals surface area contributed by atoms with E-state index >= 15 is 0 Å². The Morgan fingerprint density at radius 3 is 1.85 bits per heavy atom. The van der Waals surface area contributed by atoms with Crippen molar-refractivity contribution in [2.24, 2.45) is 0 Å². The molecule has 7 heteroatoms. The van der Waals surface area contributed by atoms with E-state index < -0.39 is 36.7 Å². The fourth-order valence-corrected chi connectivity index (χ4v) is 0.656. The molecule has 7 nitrogen and oxygen atoms in total. The molecule has 76 valence electrons. The molecule has 0 radical (unpaired) electrons. The van der Waals surface area contributed by atoms with Crippen molar-refractivity contribution in [3.8, 4) is 0 Å². The summed E-state index contributed by atoms with van der Waals surface area (Å²) in [4.78, 5) is 20.1. The van der Waals surface area contributed by atoms with Crippen molar-refractivity contribution in [1.82, 2.24) is 0 Å². The second kappa shape index (κ2) is 4.75. The Labute approximate surface area is 72.9 Å². The Morgan fingerprint density at radius 2 is 1.54 bits per heavy atom. The predicted molar refractivity (Wildman–Crippen MR) is 37.9 cm³/mol. The summed E-state index contributed by atoms with van der Waals surface area (Å²) in [6.45, 7) is 0. The molecule has 0 rings (SSSR count). The van der Waals surface area contributed by atoms with Gasteiger partial charge in [-0.25, -0.2) is 4.79 Å². The number of carbonyl (C=O) groups is 2. The van der Waals surface area contributed by atoms with E-state index in [0.29, 0.717) is 0 Å². The zero-order valence-electron chi connectivity index (χ0n) is 6.49. The van der Waals surface area contributed by atoms with Gasteiger partial charge in [0.25, 0.3) is 0 Å². The molecule has 3 unspecified atom stereocenters. The average Bonchev–Trinajstić information content (AvgIpc) is 2.00. The van der Waals surface area contributed by atoms with E-state index in [1.807, 2.05) is 0 Å². The van der Waals surface area contributed by atoms with Gasteiger partial charge in [-0.3, -0.25) is 4.79 Å². The maximum Gasteiger partial charge on any atom is 0.335 e. The summed E-state index contributed by atoms with van der Waals surface area (Å²) in [5.41, 5.74) is 0. The second-order valence-corrected chi connectivity index (χ2v) is 2.44. The number of hydrogen-bond donors (Lipinski definition) is 5. The molecule has 3 atom stereocenters. The van der Waals surface area contributed by atoms with Crippen molar-refractivity contribution >= 4 is 11.9 Å².